The van der Waals surface area contributed by atoms with E-state index >= 15 is 0 Å². The minimum absolute atomic E-state index is 0.405. The molecule has 0 saturated carbocycles. The molecule has 1 aliphatic carbocycles. The predicted molar refractivity (Wildman–Crippen MR) is 33.5 cm³/mol. The van der Waals surface area contributed by atoms with Crippen LogP contribution in [0.3, 0.4) is 0 Å². The fourth-order valence-corrected chi connectivity index (χ4v) is 0.914. The molecule has 0 aromatic carbocycles. The highest BCUT2D eigenvalue weighted by Crippen LogP contribution is 2.27. The molecule has 1 heteroatoms. The van der Waals surface area contributed by atoms with Crippen LogP contribution in [0.25, 0.3) is 0 Å². The standard InChI is InChI=1S/C7H12O/c1-6-4-3-5-7(6,2)8/h3,5-6,8H,4H2,1-2H3. The monoisotopic (exact) mass is 112 g/mol. The van der Waals surface area contributed by atoms with Crippen LogP contribution >= 0.6 is 0 Å². The molecule has 0 aromatic rings. The zero-order chi connectivity index (χ0) is 6.20. The molecule has 46 valence electrons. The van der Waals surface area contributed by atoms with E-state index in [1.807, 2.05) is 19.1 Å². The zero-order valence-corrected chi connectivity index (χ0v) is 5.39. The predicted octanol–water partition coefficient (Wildman–Crippen LogP) is 1.33. The van der Waals surface area contributed by atoms with Gasteiger partial charge in [-0.25, -0.2) is 0 Å². The lowest BCUT2D eigenvalue weighted by Crippen LogP contribution is -2.25. The Hall–Kier alpha value is -0.300. The third-order valence-corrected chi connectivity index (χ3v) is 1.94. The second kappa shape index (κ2) is 1.59. The van der Waals surface area contributed by atoms with Gasteiger partial charge in [-0.05, 0) is 19.3 Å². The van der Waals surface area contributed by atoms with Gasteiger partial charge in [0.25, 0.3) is 0 Å². The first-order valence-electron chi connectivity index (χ1n) is 3.03. The van der Waals surface area contributed by atoms with Gasteiger partial charge in [0.05, 0.1) is 5.60 Å². The molecule has 0 saturated heterocycles. The van der Waals surface area contributed by atoms with Crippen molar-refractivity contribution < 1.29 is 5.11 Å². The van der Waals surface area contributed by atoms with Crippen molar-refractivity contribution in [2.24, 2.45) is 5.92 Å². The average molecular weight is 112 g/mol. The summed E-state index contributed by atoms with van der Waals surface area (Å²) in [5.74, 6) is 0.405. The Labute approximate surface area is 50.0 Å². The second-order valence-electron chi connectivity index (χ2n) is 2.76. The summed E-state index contributed by atoms with van der Waals surface area (Å²) in [4.78, 5) is 0. The van der Waals surface area contributed by atoms with Crippen LogP contribution < -0.4 is 0 Å². The normalized spacial score (nSPS) is 45.6. The molecule has 8 heavy (non-hydrogen) atoms. The Balaban J connectivity index is 2.67. The van der Waals surface area contributed by atoms with Gasteiger partial charge in [0.2, 0.25) is 0 Å². The van der Waals surface area contributed by atoms with Crippen LogP contribution in [0, 0.1) is 5.92 Å². The third-order valence-electron chi connectivity index (χ3n) is 1.94. The maximum Gasteiger partial charge on any atom is 0.0828 e. The van der Waals surface area contributed by atoms with Gasteiger partial charge < -0.3 is 5.11 Å². The van der Waals surface area contributed by atoms with E-state index in [0.29, 0.717) is 5.92 Å². The fourth-order valence-electron chi connectivity index (χ4n) is 0.914. The minimum atomic E-state index is -0.528. The van der Waals surface area contributed by atoms with Gasteiger partial charge in [0.15, 0.2) is 0 Å². The van der Waals surface area contributed by atoms with E-state index < -0.39 is 5.60 Å². The van der Waals surface area contributed by atoms with Gasteiger partial charge in [-0.2, -0.15) is 0 Å². The molecular formula is C7H12O. The van der Waals surface area contributed by atoms with Crippen molar-refractivity contribution in [3.8, 4) is 0 Å². The van der Waals surface area contributed by atoms with Crippen molar-refractivity contribution >= 4 is 0 Å². The van der Waals surface area contributed by atoms with Crippen molar-refractivity contribution in [1.29, 1.82) is 0 Å². The van der Waals surface area contributed by atoms with Gasteiger partial charge >= 0.3 is 0 Å². The van der Waals surface area contributed by atoms with Crippen molar-refractivity contribution in [2.45, 2.75) is 25.9 Å². The summed E-state index contributed by atoms with van der Waals surface area (Å²) in [6, 6.07) is 0. The molecule has 1 aliphatic rings. The van der Waals surface area contributed by atoms with E-state index in [9.17, 15) is 5.11 Å². The Morgan fingerprint density at radius 3 is 2.50 bits per heavy atom. The summed E-state index contributed by atoms with van der Waals surface area (Å²) < 4.78 is 0. The number of hydrogen-bond donors (Lipinski definition) is 1. The number of allylic oxidation sites excluding steroid dienone is 1. The lowest BCUT2D eigenvalue weighted by Gasteiger charge is -2.19. The number of aliphatic hydroxyl groups is 1. The first-order chi connectivity index (χ1) is 3.63. The fraction of sp³-hybridized carbons (Fsp3) is 0.714. The second-order valence-corrected chi connectivity index (χ2v) is 2.76. The lowest BCUT2D eigenvalue weighted by molar-refractivity contribution is 0.0662. The van der Waals surface area contributed by atoms with E-state index in [1.165, 1.54) is 0 Å². The molecule has 2 atom stereocenters. The maximum absolute atomic E-state index is 9.38. The molecule has 0 fully saturated rings. The first kappa shape index (κ1) is 5.83. The molecule has 0 radical (unpaired) electrons. The number of hydrogen-bond acceptors (Lipinski definition) is 1. The van der Waals surface area contributed by atoms with E-state index in [-0.39, 0.29) is 0 Å². The van der Waals surface area contributed by atoms with Gasteiger partial charge in [0, 0.05) is 0 Å². The van der Waals surface area contributed by atoms with Crippen molar-refractivity contribution in [3.63, 3.8) is 0 Å². The van der Waals surface area contributed by atoms with E-state index in [1.54, 1.807) is 0 Å². The van der Waals surface area contributed by atoms with E-state index in [2.05, 4.69) is 6.92 Å². The Morgan fingerprint density at radius 1 is 1.75 bits per heavy atom. The molecule has 1 rings (SSSR count). The summed E-state index contributed by atoms with van der Waals surface area (Å²) in [5.41, 5.74) is -0.528. The SMILES string of the molecule is CC1CC=CC1(C)O. The minimum Gasteiger partial charge on any atom is -0.386 e. The summed E-state index contributed by atoms with van der Waals surface area (Å²) in [5, 5.41) is 9.38. The van der Waals surface area contributed by atoms with E-state index in [0.717, 1.165) is 6.42 Å². The van der Waals surface area contributed by atoms with Crippen LogP contribution in [-0.4, -0.2) is 10.7 Å². The molecule has 0 amide bonds. The van der Waals surface area contributed by atoms with Gasteiger partial charge in [-0.15, -0.1) is 0 Å². The molecule has 0 bridgehead atoms. The largest absolute Gasteiger partial charge is 0.386 e. The Bertz CT molecular complexity index is 114. The molecule has 0 spiro atoms. The molecule has 1 N–H and O–H groups in total. The Morgan fingerprint density at radius 2 is 2.38 bits per heavy atom. The van der Waals surface area contributed by atoms with Crippen molar-refractivity contribution in [1.82, 2.24) is 0 Å². The Kier molecular flexibility index (Phi) is 1.16. The lowest BCUT2D eigenvalue weighted by atomic mass is 9.95. The topological polar surface area (TPSA) is 20.2 Å². The summed E-state index contributed by atoms with van der Waals surface area (Å²) in [7, 11) is 0. The zero-order valence-electron chi connectivity index (χ0n) is 5.39. The molecule has 1 nitrogen and oxygen atoms in total. The van der Waals surface area contributed by atoms with Crippen LogP contribution in [0.4, 0.5) is 0 Å². The highest BCUT2D eigenvalue weighted by molar-refractivity contribution is 5.08. The molecular weight excluding hydrogens is 100 g/mol. The molecule has 0 aliphatic heterocycles. The molecule has 0 heterocycles. The summed E-state index contributed by atoms with van der Waals surface area (Å²) in [6.45, 7) is 3.90. The van der Waals surface area contributed by atoms with Crippen LogP contribution in [0.2, 0.25) is 0 Å². The molecule has 0 aromatic heterocycles. The van der Waals surface area contributed by atoms with Crippen LogP contribution in [-0.2, 0) is 0 Å². The third kappa shape index (κ3) is 0.781. The highest BCUT2D eigenvalue weighted by Gasteiger charge is 2.27. The first-order valence-corrected chi connectivity index (χ1v) is 3.03. The number of rotatable bonds is 0. The smallest absolute Gasteiger partial charge is 0.0828 e. The summed E-state index contributed by atoms with van der Waals surface area (Å²) in [6.07, 6.45) is 4.93. The average Bonchev–Trinajstić information content (AvgIpc) is 1.86. The van der Waals surface area contributed by atoms with Gasteiger partial charge in [-0.3, -0.25) is 0 Å². The highest BCUT2D eigenvalue weighted by atomic mass is 16.3. The maximum atomic E-state index is 9.38. The van der Waals surface area contributed by atoms with Gasteiger partial charge in [0.1, 0.15) is 0 Å². The molecule has 2 unspecified atom stereocenters. The quantitative estimate of drug-likeness (QED) is 0.469. The van der Waals surface area contributed by atoms with Gasteiger partial charge in [-0.1, -0.05) is 19.1 Å². The van der Waals surface area contributed by atoms with Crippen molar-refractivity contribution in [3.05, 3.63) is 12.2 Å². The van der Waals surface area contributed by atoms with Crippen LogP contribution in [0.1, 0.15) is 20.3 Å². The van der Waals surface area contributed by atoms with E-state index in [4.69, 9.17) is 0 Å². The van der Waals surface area contributed by atoms with Crippen LogP contribution in [0.5, 0.6) is 0 Å². The summed E-state index contributed by atoms with van der Waals surface area (Å²) >= 11 is 0. The van der Waals surface area contributed by atoms with Crippen molar-refractivity contribution in [2.75, 3.05) is 0 Å². The van der Waals surface area contributed by atoms with Crippen LogP contribution in [0.15, 0.2) is 12.2 Å².